The zero-order chi connectivity index (χ0) is 20.6. The number of carbonyl (C=O) groups is 2. The molecule has 2 atom stereocenters. The van der Waals surface area contributed by atoms with Gasteiger partial charge in [0, 0.05) is 24.2 Å². The van der Waals surface area contributed by atoms with Gasteiger partial charge in [0.2, 0.25) is 11.8 Å². The summed E-state index contributed by atoms with van der Waals surface area (Å²) in [4.78, 5) is 27.8. The molecule has 1 fully saturated rings. The van der Waals surface area contributed by atoms with E-state index >= 15 is 0 Å². The molecule has 154 valence electrons. The minimum Gasteiger partial charge on any atom is -0.494 e. The number of nitrogens with zero attached hydrogens (tertiary/aromatic N) is 1. The summed E-state index contributed by atoms with van der Waals surface area (Å²) in [5.41, 5.74) is 0.750. The van der Waals surface area contributed by atoms with Gasteiger partial charge in [-0.3, -0.25) is 9.59 Å². The lowest BCUT2D eigenvalue weighted by atomic mass is 10.0. The van der Waals surface area contributed by atoms with Gasteiger partial charge in [0.25, 0.3) is 0 Å². The monoisotopic (exact) mass is 398 g/mol. The zero-order valence-electron chi connectivity index (χ0n) is 16.5. The standard InChI is InChI=1S/C22H26N2O5/c1-2-12-28-18-7-9-19(10-8-18)29-21-17(4-3-11-23-21)14-24-20(25)15-5-6-16(13-15)22(26)27/h3-4,7-11,15-16H,2,5-6,12-14H2,1H3,(H,24,25)(H,26,27)/t15-,16+/m1/s1. The number of hydrogen-bond acceptors (Lipinski definition) is 5. The predicted molar refractivity (Wildman–Crippen MR) is 107 cm³/mol. The highest BCUT2D eigenvalue weighted by Crippen LogP contribution is 2.31. The third-order valence-corrected chi connectivity index (χ3v) is 4.97. The number of pyridine rings is 1. The Morgan fingerprint density at radius 3 is 2.55 bits per heavy atom. The Kier molecular flexibility index (Phi) is 7.05. The first-order chi connectivity index (χ1) is 14.1. The molecular weight excluding hydrogens is 372 g/mol. The van der Waals surface area contributed by atoms with Crippen LogP contribution in [0.3, 0.4) is 0 Å². The average molecular weight is 398 g/mol. The fourth-order valence-electron chi connectivity index (χ4n) is 3.36. The van der Waals surface area contributed by atoms with Crippen molar-refractivity contribution in [2.45, 2.75) is 39.2 Å². The van der Waals surface area contributed by atoms with Crippen LogP contribution in [0.5, 0.6) is 17.4 Å². The summed E-state index contributed by atoms with van der Waals surface area (Å²) in [7, 11) is 0. The van der Waals surface area contributed by atoms with Gasteiger partial charge in [-0.1, -0.05) is 13.0 Å². The summed E-state index contributed by atoms with van der Waals surface area (Å²) in [6.45, 7) is 2.99. The number of carbonyl (C=O) groups excluding carboxylic acids is 1. The van der Waals surface area contributed by atoms with Gasteiger partial charge in [-0.05, 0) is 56.0 Å². The highest BCUT2D eigenvalue weighted by atomic mass is 16.5. The van der Waals surface area contributed by atoms with Crippen molar-refractivity contribution in [1.82, 2.24) is 10.3 Å². The second-order valence-corrected chi connectivity index (χ2v) is 7.15. The summed E-state index contributed by atoms with van der Waals surface area (Å²) in [6.07, 6.45) is 4.12. The van der Waals surface area contributed by atoms with E-state index in [9.17, 15) is 9.59 Å². The van der Waals surface area contributed by atoms with E-state index in [1.807, 2.05) is 30.3 Å². The highest BCUT2D eigenvalue weighted by molar-refractivity contribution is 5.80. The molecule has 2 N–H and O–H groups in total. The van der Waals surface area contributed by atoms with E-state index in [1.165, 1.54) is 0 Å². The summed E-state index contributed by atoms with van der Waals surface area (Å²) in [6, 6.07) is 10.9. The Labute approximate surface area is 170 Å². The SMILES string of the molecule is CCCOc1ccc(Oc2ncccc2CNC(=O)[C@@H]2CC[C@H](C(=O)O)C2)cc1. The van der Waals surface area contributed by atoms with Crippen LogP contribution in [0.1, 0.15) is 38.2 Å². The molecule has 7 heteroatoms. The Bertz CT molecular complexity index is 837. The van der Waals surface area contributed by atoms with E-state index in [-0.39, 0.29) is 18.4 Å². The summed E-state index contributed by atoms with van der Waals surface area (Å²) in [5, 5.41) is 12.0. The van der Waals surface area contributed by atoms with Crippen molar-refractivity contribution in [3.05, 3.63) is 48.2 Å². The van der Waals surface area contributed by atoms with E-state index < -0.39 is 11.9 Å². The van der Waals surface area contributed by atoms with Crippen LogP contribution < -0.4 is 14.8 Å². The van der Waals surface area contributed by atoms with Crippen LogP contribution in [-0.4, -0.2) is 28.6 Å². The van der Waals surface area contributed by atoms with Crippen molar-refractivity contribution >= 4 is 11.9 Å². The van der Waals surface area contributed by atoms with Crippen LogP contribution in [-0.2, 0) is 16.1 Å². The lowest BCUT2D eigenvalue weighted by Gasteiger charge is -2.13. The third-order valence-electron chi connectivity index (χ3n) is 4.97. The van der Waals surface area contributed by atoms with Crippen LogP contribution in [0.25, 0.3) is 0 Å². The summed E-state index contributed by atoms with van der Waals surface area (Å²) in [5.74, 6) is 0.199. The maximum absolute atomic E-state index is 12.4. The summed E-state index contributed by atoms with van der Waals surface area (Å²) >= 11 is 0. The molecule has 1 aliphatic carbocycles. The predicted octanol–water partition coefficient (Wildman–Crippen LogP) is 3.78. The fraction of sp³-hybridized carbons (Fsp3) is 0.409. The van der Waals surface area contributed by atoms with Crippen molar-refractivity contribution in [2.75, 3.05) is 6.61 Å². The van der Waals surface area contributed by atoms with Crippen molar-refractivity contribution < 1.29 is 24.2 Å². The van der Waals surface area contributed by atoms with E-state index in [0.29, 0.717) is 37.5 Å². The minimum absolute atomic E-state index is 0.124. The molecular formula is C22H26N2O5. The third kappa shape index (κ3) is 5.70. The quantitative estimate of drug-likeness (QED) is 0.667. The van der Waals surface area contributed by atoms with Crippen molar-refractivity contribution in [3.63, 3.8) is 0 Å². The maximum Gasteiger partial charge on any atom is 0.306 e. The molecule has 2 aromatic rings. The highest BCUT2D eigenvalue weighted by Gasteiger charge is 2.33. The first-order valence-electron chi connectivity index (χ1n) is 9.92. The van der Waals surface area contributed by atoms with Gasteiger partial charge >= 0.3 is 5.97 Å². The molecule has 1 aliphatic rings. The number of hydrogen-bond donors (Lipinski definition) is 2. The van der Waals surface area contributed by atoms with E-state index in [0.717, 1.165) is 17.7 Å². The van der Waals surface area contributed by atoms with Gasteiger partial charge in [0.05, 0.1) is 12.5 Å². The van der Waals surface area contributed by atoms with Crippen LogP contribution in [0, 0.1) is 11.8 Å². The van der Waals surface area contributed by atoms with Crippen LogP contribution in [0.15, 0.2) is 42.6 Å². The van der Waals surface area contributed by atoms with Crippen LogP contribution in [0.2, 0.25) is 0 Å². The summed E-state index contributed by atoms with van der Waals surface area (Å²) < 4.78 is 11.4. The lowest BCUT2D eigenvalue weighted by molar-refractivity contribution is -0.141. The molecule has 0 aliphatic heterocycles. The number of amides is 1. The number of nitrogens with one attached hydrogen (secondary N) is 1. The number of rotatable bonds is 9. The molecule has 1 saturated carbocycles. The molecule has 1 amide bonds. The van der Waals surface area contributed by atoms with E-state index in [1.54, 1.807) is 12.3 Å². The normalized spacial score (nSPS) is 18.2. The number of aliphatic carboxylic acids is 1. The molecule has 1 aromatic heterocycles. The molecule has 29 heavy (non-hydrogen) atoms. The van der Waals surface area contributed by atoms with Gasteiger partial charge in [0.1, 0.15) is 11.5 Å². The molecule has 0 saturated heterocycles. The Morgan fingerprint density at radius 1 is 1.14 bits per heavy atom. The number of carboxylic acid groups (broad SMARTS) is 1. The minimum atomic E-state index is -0.825. The number of carboxylic acids is 1. The largest absolute Gasteiger partial charge is 0.494 e. The smallest absolute Gasteiger partial charge is 0.306 e. The molecule has 1 heterocycles. The molecule has 1 aromatic carbocycles. The van der Waals surface area contributed by atoms with E-state index in [2.05, 4.69) is 17.2 Å². The first kappa shape index (κ1) is 20.6. The molecule has 0 spiro atoms. The Hall–Kier alpha value is -3.09. The zero-order valence-corrected chi connectivity index (χ0v) is 16.5. The van der Waals surface area contributed by atoms with Gasteiger partial charge in [-0.15, -0.1) is 0 Å². The van der Waals surface area contributed by atoms with Gasteiger partial charge < -0.3 is 19.9 Å². The topological polar surface area (TPSA) is 97.8 Å². The second kappa shape index (κ2) is 9.91. The number of aromatic nitrogens is 1. The maximum atomic E-state index is 12.4. The van der Waals surface area contributed by atoms with Crippen molar-refractivity contribution in [2.24, 2.45) is 11.8 Å². The van der Waals surface area contributed by atoms with Crippen molar-refractivity contribution in [3.8, 4) is 17.4 Å². The van der Waals surface area contributed by atoms with Gasteiger partial charge in [0.15, 0.2) is 0 Å². The molecule has 0 bridgehead atoms. The Morgan fingerprint density at radius 2 is 1.86 bits per heavy atom. The lowest BCUT2D eigenvalue weighted by Crippen LogP contribution is -2.29. The Balaban J connectivity index is 1.58. The molecule has 0 radical (unpaired) electrons. The number of benzene rings is 1. The van der Waals surface area contributed by atoms with Gasteiger partial charge in [-0.2, -0.15) is 0 Å². The first-order valence-corrected chi connectivity index (χ1v) is 9.92. The fourth-order valence-corrected chi connectivity index (χ4v) is 3.36. The van der Waals surface area contributed by atoms with Crippen LogP contribution in [0.4, 0.5) is 0 Å². The molecule has 0 unspecified atom stereocenters. The molecule has 7 nitrogen and oxygen atoms in total. The van der Waals surface area contributed by atoms with E-state index in [4.69, 9.17) is 14.6 Å². The second-order valence-electron chi connectivity index (χ2n) is 7.15. The van der Waals surface area contributed by atoms with Crippen molar-refractivity contribution in [1.29, 1.82) is 0 Å². The van der Waals surface area contributed by atoms with Gasteiger partial charge in [-0.25, -0.2) is 4.98 Å². The number of ether oxygens (including phenoxy) is 2. The average Bonchev–Trinajstić information content (AvgIpc) is 3.23. The molecule has 3 rings (SSSR count). The van der Waals surface area contributed by atoms with Crippen LogP contribution >= 0.6 is 0 Å².